The summed E-state index contributed by atoms with van der Waals surface area (Å²) in [4.78, 5) is 36.9. The lowest BCUT2D eigenvalue weighted by Gasteiger charge is -2.44. The van der Waals surface area contributed by atoms with Crippen molar-refractivity contribution in [2.45, 2.75) is 64.6 Å². The molecule has 3 aliphatic rings. The van der Waals surface area contributed by atoms with Crippen molar-refractivity contribution in [2.75, 3.05) is 6.61 Å². The summed E-state index contributed by atoms with van der Waals surface area (Å²) in [7, 11) is 0. The molecular formula is C20H28O6. The van der Waals surface area contributed by atoms with Crippen molar-refractivity contribution in [1.82, 2.24) is 0 Å². The van der Waals surface area contributed by atoms with Crippen LogP contribution in [0.2, 0.25) is 0 Å². The van der Waals surface area contributed by atoms with Gasteiger partial charge in [-0.2, -0.15) is 0 Å². The Balaban J connectivity index is 1.90. The topological polar surface area (TPSA) is 89.9 Å². The number of hydrogen-bond acceptors (Lipinski definition) is 6. The minimum absolute atomic E-state index is 0.0718. The third kappa shape index (κ3) is 2.53. The van der Waals surface area contributed by atoms with E-state index in [-0.39, 0.29) is 42.5 Å². The van der Waals surface area contributed by atoms with E-state index in [1.54, 1.807) is 13.8 Å². The number of fused-ring (bicyclic) bond motifs is 3. The van der Waals surface area contributed by atoms with Crippen molar-refractivity contribution < 1.29 is 29.0 Å². The number of Topliss-reactive ketones (excluding diaryl/α,β-unsaturated/α-hetero) is 1. The number of carbonyl (C=O) groups is 3. The molecule has 1 saturated heterocycles. The van der Waals surface area contributed by atoms with Gasteiger partial charge in [-0.05, 0) is 32.6 Å². The predicted octanol–water partition coefficient (Wildman–Crippen LogP) is 2.18. The smallest absolute Gasteiger partial charge is 0.334 e. The van der Waals surface area contributed by atoms with Crippen LogP contribution in [-0.2, 0) is 23.9 Å². The maximum absolute atomic E-state index is 12.8. The maximum Gasteiger partial charge on any atom is 0.334 e. The van der Waals surface area contributed by atoms with Crippen LogP contribution >= 0.6 is 0 Å². The molecule has 0 radical (unpaired) electrons. The predicted molar refractivity (Wildman–Crippen MR) is 92.9 cm³/mol. The molecule has 3 fully saturated rings. The van der Waals surface area contributed by atoms with Gasteiger partial charge in [0.15, 0.2) is 0 Å². The van der Waals surface area contributed by atoms with E-state index in [2.05, 4.69) is 6.58 Å². The lowest BCUT2D eigenvalue weighted by atomic mass is 9.65. The van der Waals surface area contributed by atoms with E-state index in [4.69, 9.17) is 9.47 Å². The minimum Gasteiger partial charge on any atom is -0.465 e. The van der Waals surface area contributed by atoms with E-state index in [0.717, 1.165) is 0 Å². The van der Waals surface area contributed by atoms with Gasteiger partial charge in [-0.1, -0.05) is 20.4 Å². The molecule has 6 nitrogen and oxygen atoms in total. The van der Waals surface area contributed by atoms with E-state index in [1.165, 1.54) is 0 Å². The van der Waals surface area contributed by atoms with E-state index in [0.29, 0.717) is 31.3 Å². The first-order valence-electron chi connectivity index (χ1n) is 9.48. The van der Waals surface area contributed by atoms with Crippen LogP contribution in [-0.4, -0.2) is 41.1 Å². The Bertz CT molecular complexity index is 655. The van der Waals surface area contributed by atoms with Crippen LogP contribution < -0.4 is 0 Å². The molecule has 0 aromatic rings. The highest BCUT2D eigenvalue weighted by Gasteiger charge is 2.69. The summed E-state index contributed by atoms with van der Waals surface area (Å²) in [6.45, 7) is 9.32. The van der Waals surface area contributed by atoms with Gasteiger partial charge in [-0.15, -0.1) is 0 Å². The van der Waals surface area contributed by atoms with Crippen LogP contribution in [0.1, 0.15) is 52.9 Å². The first-order chi connectivity index (χ1) is 12.2. The lowest BCUT2D eigenvalue weighted by molar-refractivity contribution is -0.178. The molecule has 144 valence electrons. The molecule has 0 amide bonds. The van der Waals surface area contributed by atoms with Gasteiger partial charge in [-0.3, -0.25) is 9.59 Å². The van der Waals surface area contributed by atoms with Crippen LogP contribution in [0.5, 0.6) is 0 Å². The van der Waals surface area contributed by atoms with E-state index >= 15 is 0 Å². The number of carbonyl (C=O) groups excluding carboxylic acids is 3. The normalized spacial score (nSPS) is 40.5. The summed E-state index contributed by atoms with van der Waals surface area (Å²) in [6.07, 6.45) is 1.63. The molecule has 26 heavy (non-hydrogen) atoms. The molecule has 0 bridgehead atoms. The fourth-order valence-corrected chi connectivity index (χ4v) is 4.88. The van der Waals surface area contributed by atoms with Gasteiger partial charge >= 0.3 is 11.9 Å². The minimum atomic E-state index is -1.36. The van der Waals surface area contributed by atoms with Crippen LogP contribution in [0.15, 0.2) is 12.2 Å². The molecule has 1 N–H and O–H groups in total. The molecule has 1 heterocycles. The SMILES string of the molecule is C=C1C(=O)O[C@@H]2[C@H]1CC[C@H](COC(=O)C(C)CC)[C@]1(O)CCC(=O)[C@@]21C. The first-order valence-corrected chi connectivity index (χ1v) is 9.48. The van der Waals surface area contributed by atoms with Crippen LogP contribution in [0.3, 0.4) is 0 Å². The molecule has 1 unspecified atom stereocenters. The van der Waals surface area contributed by atoms with Crippen molar-refractivity contribution in [3.8, 4) is 0 Å². The third-order valence-corrected chi connectivity index (χ3v) is 7.03. The zero-order valence-electron chi connectivity index (χ0n) is 15.7. The highest BCUT2D eigenvalue weighted by molar-refractivity contribution is 5.94. The van der Waals surface area contributed by atoms with Gasteiger partial charge in [0.25, 0.3) is 0 Å². The number of ketones is 1. The molecule has 2 saturated carbocycles. The maximum atomic E-state index is 12.8. The van der Waals surface area contributed by atoms with Crippen molar-refractivity contribution >= 4 is 17.7 Å². The largest absolute Gasteiger partial charge is 0.465 e. The van der Waals surface area contributed by atoms with Crippen molar-refractivity contribution in [2.24, 2.45) is 23.2 Å². The molecule has 3 rings (SSSR count). The fourth-order valence-electron chi connectivity index (χ4n) is 4.88. The van der Waals surface area contributed by atoms with Crippen LogP contribution in [0.4, 0.5) is 0 Å². The van der Waals surface area contributed by atoms with Crippen molar-refractivity contribution in [3.05, 3.63) is 12.2 Å². The Morgan fingerprint density at radius 2 is 2.12 bits per heavy atom. The highest BCUT2D eigenvalue weighted by Crippen LogP contribution is 2.58. The first kappa shape index (κ1) is 19.1. The summed E-state index contributed by atoms with van der Waals surface area (Å²) in [5.74, 6) is -1.72. The second-order valence-electron chi connectivity index (χ2n) is 8.22. The molecule has 0 aromatic heterocycles. The van der Waals surface area contributed by atoms with Crippen LogP contribution in [0, 0.1) is 23.2 Å². The standard InChI is InChI=1S/C20H28O6/c1-5-11(2)17(22)25-10-13-6-7-14-12(3)18(23)26-16(14)19(4)15(21)8-9-20(13,19)24/h11,13-14,16,24H,3,5-10H2,1-2,4H3/t11?,13-,14+,16-,19+,20-/m1/s1. The quantitative estimate of drug-likeness (QED) is 0.607. The number of ether oxygens (including phenoxy) is 2. The summed E-state index contributed by atoms with van der Waals surface area (Å²) in [5.41, 5.74) is -2.18. The lowest BCUT2D eigenvalue weighted by Crippen LogP contribution is -2.57. The molecule has 0 aromatic carbocycles. The summed E-state index contributed by atoms with van der Waals surface area (Å²) >= 11 is 0. The summed E-state index contributed by atoms with van der Waals surface area (Å²) in [6, 6.07) is 0. The average molecular weight is 364 g/mol. The Hall–Kier alpha value is -1.69. The Morgan fingerprint density at radius 1 is 1.42 bits per heavy atom. The van der Waals surface area contributed by atoms with Crippen molar-refractivity contribution in [3.63, 3.8) is 0 Å². The number of rotatable bonds is 4. The summed E-state index contributed by atoms with van der Waals surface area (Å²) < 4.78 is 11.0. The summed E-state index contributed by atoms with van der Waals surface area (Å²) in [5, 5.41) is 11.6. The van der Waals surface area contributed by atoms with E-state index in [1.807, 2.05) is 6.92 Å². The Morgan fingerprint density at radius 3 is 2.77 bits per heavy atom. The second-order valence-corrected chi connectivity index (χ2v) is 8.22. The van der Waals surface area contributed by atoms with E-state index in [9.17, 15) is 19.5 Å². The second kappa shape index (κ2) is 6.48. The van der Waals surface area contributed by atoms with Gasteiger partial charge in [0, 0.05) is 23.8 Å². The molecule has 6 atom stereocenters. The molecule has 0 spiro atoms. The average Bonchev–Trinajstić information content (AvgIpc) is 3.00. The van der Waals surface area contributed by atoms with Gasteiger partial charge < -0.3 is 14.6 Å². The van der Waals surface area contributed by atoms with E-state index < -0.39 is 23.1 Å². The molecular weight excluding hydrogens is 336 g/mol. The van der Waals surface area contributed by atoms with Gasteiger partial charge in [0.1, 0.15) is 11.9 Å². The third-order valence-electron chi connectivity index (χ3n) is 7.03. The molecule has 6 heteroatoms. The highest BCUT2D eigenvalue weighted by atomic mass is 16.6. The zero-order valence-corrected chi connectivity index (χ0v) is 15.7. The Kier molecular flexibility index (Phi) is 4.76. The number of hydrogen-bond donors (Lipinski definition) is 1. The number of esters is 2. The van der Waals surface area contributed by atoms with Gasteiger partial charge in [-0.25, -0.2) is 4.79 Å². The Labute approximate surface area is 153 Å². The van der Waals surface area contributed by atoms with Crippen LogP contribution in [0.25, 0.3) is 0 Å². The molecule has 2 aliphatic carbocycles. The van der Waals surface area contributed by atoms with Gasteiger partial charge in [0.05, 0.1) is 23.5 Å². The van der Waals surface area contributed by atoms with Gasteiger partial charge in [0.2, 0.25) is 0 Å². The van der Waals surface area contributed by atoms with Crippen molar-refractivity contribution in [1.29, 1.82) is 0 Å². The monoisotopic (exact) mass is 364 g/mol. The zero-order chi connectivity index (χ0) is 19.3. The fraction of sp³-hybridized carbons (Fsp3) is 0.750. The number of aliphatic hydroxyl groups is 1. The molecule has 1 aliphatic heterocycles.